The number of hydrogen-bond acceptors (Lipinski definition) is 5. The number of tetrazole rings is 1. The minimum Gasteiger partial charge on any atom is -0.385 e. The molecule has 1 amide bonds. The van der Waals surface area contributed by atoms with Crippen molar-refractivity contribution in [2.45, 2.75) is 51.5 Å². The molecule has 0 spiro atoms. The number of aromatic nitrogens is 4. The molecule has 118 valence electrons. The van der Waals surface area contributed by atoms with Crippen LogP contribution in [0.25, 0.3) is 0 Å². The molecule has 1 aromatic rings. The third-order valence-corrected chi connectivity index (χ3v) is 4.19. The van der Waals surface area contributed by atoms with E-state index in [0.29, 0.717) is 19.6 Å². The van der Waals surface area contributed by atoms with Crippen molar-refractivity contribution >= 4 is 5.91 Å². The zero-order valence-electron chi connectivity index (χ0n) is 12.8. The molecule has 0 radical (unpaired) electrons. The fourth-order valence-electron chi connectivity index (χ4n) is 3.14. The lowest BCUT2D eigenvalue weighted by Gasteiger charge is -2.36. The van der Waals surface area contributed by atoms with E-state index in [1.807, 2.05) is 0 Å². The summed E-state index contributed by atoms with van der Waals surface area (Å²) in [4.78, 5) is 12.2. The summed E-state index contributed by atoms with van der Waals surface area (Å²) in [5.41, 5.74) is -0.00102. The van der Waals surface area contributed by atoms with E-state index in [4.69, 9.17) is 4.74 Å². The lowest BCUT2D eigenvalue weighted by atomic mass is 9.71. The van der Waals surface area contributed by atoms with Crippen molar-refractivity contribution in [1.29, 1.82) is 0 Å². The molecule has 0 unspecified atom stereocenters. The van der Waals surface area contributed by atoms with E-state index in [2.05, 4.69) is 20.8 Å². The van der Waals surface area contributed by atoms with Crippen LogP contribution >= 0.6 is 0 Å². The average Bonchev–Trinajstić information content (AvgIpc) is 2.97. The van der Waals surface area contributed by atoms with Gasteiger partial charge in [0.25, 0.3) is 0 Å². The van der Waals surface area contributed by atoms with Crippen LogP contribution in [0.3, 0.4) is 0 Å². The number of nitrogens with one attached hydrogen (secondary N) is 1. The first-order chi connectivity index (χ1) is 10.2. The van der Waals surface area contributed by atoms with Gasteiger partial charge in [-0.2, -0.15) is 0 Å². The number of methoxy groups -OCH3 is 1. The van der Waals surface area contributed by atoms with Crippen molar-refractivity contribution < 1.29 is 9.53 Å². The maximum Gasteiger partial charge on any atom is 0.220 e. The number of ether oxygens (including phenoxy) is 1. The largest absolute Gasteiger partial charge is 0.385 e. The highest BCUT2D eigenvalue weighted by Crippen LogP contribution is 2.40. The highest BCUT2D eigenvalue weighted by atomic mass is 16.5. The van der Waals surface area contributed by atoms with E-state index in [1.165, 1.54) is 19.3 Å². The number of rotatable bonds is 8. The van der Waals surface area contributed by atoms with Gasteiger partial charge in [0.05, 0.1) is 6.54 Å². The van der Waals surface area contributed by atoms with Crippen LogP contribution in [0.4, 0.5) is 0 Å². The predicted molar refractivity (Wildman–Crippen MR) is 77.5 cm³/mol. The predicted octanol–water partition coefficient (Wildman–Crippen LogP) is 1.17. The summed E-state index contributed by atoms with van der Waals surface area (Å²) in [6.45, 7) is 2.08. The molecular weight excluding hydrogens is 270 g/mol. The zero-order chi connectivity index (χ0) is 15.0. The smallest absolute Gasteiger partial charge is 0.220 e. The molecule has 0 bridgehead atoms. The van der Waals surface area contributed by atoms with Gasteiger partial charge in [-0.15, -0.1) is 5.10 Å². The Hall–Kier alpha value is -1.50. The van der Waals surface area contributed by atoms with E-state index >= 15 is 0 Å². The summed E-state index contributed by atoms with van der Waals surface area (Å²) in [5, 5.41) is 14.3. The molecule has 7 heteroatoms. The Morgan fingerprint density at radius 3 is 2.86 bits per heavy atom. The van der Waals surface area contributed by atoms with Gasteiger partial charge >= 0.3 is 0 Å². The molecule has 1 N–H and O–H groups in total. The Kier molecular flexibility index (Phi) is 6.10. The second kappa shape index (κ2) is 8.07. The van der Waals surface area contributed by atoms with Crippen LogP contribution in [0.2, 0.25) is 0 Å². The maximum absolute atomic E-state index is 12.2. The SMILES string of the molecule is COCCCNC(=O)CC1(Cn2cnnn2)CCCCC1. The maximum atomic E-state index is 12.2. The molecule has 1 aliphatic rings. The second-order valence-electron chi connectivity index (χ2n) is 5.94. The van der Waals surface area contributed by atoms with Gasteiger partial charge in [-0.3, -0.25) is 4.79 Å². The molecule has 1 aromatic heterocycles. The third-order valence-electron chi connectivity index (χ3n) is 4.19. The molecular formula is C14H25N5O2. The summed E-state index contributed by atoms with van der Waals surface area (Å²) >= 11 is 0. The normalized spacial score (nSPS) is 17.6. The first-order valence-corrected chi connectivity index (χ1v) is 7.70. The topological polar surface area (TPSA) is 81.9 Å². The first-order valence-electron chi connectivity index (χ1n) is 7.70. The lowest BCUT2D eigenvalue weighted by molar-refractivity contribution is -0.124. The highest BCUT2D eigenvalue weighted by Gasteiger charge is 2.35. The molecule has 1 heterocycles. The minimum absolute atomic E-state index is 0.00102. The Morgan fingerprint density at radius 1 is 1.38 bits per heavy atom. The van der Waals surface area contributed by atoms with E-state index in [9.17, 15) is 4.79 Å². The van der Waals surface area contributed by atoms with Crippen molar-refractivity contribution in [2.75, 3.05) is 20.3 Å². The van der Waals surface area contributed by atoms with Gasteiger partial charge in [0.2, 0.25) is 5.91 Å². The van der Waals surface area contributed by atoms with E-state index in [1.54, 1.807) is 18.1 Å². The number of carbonyl (C=O) groups is 1. The fourth-order valence-corrected chi connectivity index (χ4v) is 3.14. The Balaban J connectivity index is 1.88. The van der Waals surface area contributed by atoms with Gasteiger partial charge in [-0.25, -0.2) is 4.68 Å². The molecule has 7 nitrogen and oxygen atoms in total. The number of carbonyl (C=O) groups excluding carboxylic acids is 1. The molecule has 0 aromatic carbocycles. The molecule has 0 aliphatic heterocycles. The monoisotopic (exact) mass is 295 g/mol. The van der Waals surface area contributed by atoms with Gasteiger partial charge in [0.15, 0.2) is 0 Å². The fraction of sp³-hybridized carbons (Fsp3) is 0.857. The quantitative estimate of drug-likeness (QED) is 0.728. The van der Waals surface area contributed by atoms with Crippen molar-refractivity contribution in [3.05, 3.63) is 6.33 Å². The summed E-state index contributed by atoms with van der Waals surface area (Å²) < 4.78 is 6.74. The van der Waals surface area contributed by atoms with E-state index in [-0.39, 0.29) is 11.3 Å². The molecule has 21 heavy (non-hydrogen) atoms. The Bertz CT molecular complexity index is 415. The summed E-state index contributed by atoms with van der Waals surface area (Å²) in [5.74, 6) is 0.126. The average molecular weight is 295 g/mol. The standard InChI is InChI=1S/C14H25N5O2/c1-21-9-5-8-15-13(20)10-14(6-3-2-4-7-14)11-19-12-16-17-18-19/h12H,2-11H2,1H3,(H,15,20). The van der Waals surface area contributed by atoms with Gasteiger partial charge < -0.3 is 10.1 Å². The van der Waals surface area contributed by atoms with Gasteiger partial charge in [-0.1, -0.05) is 19.3 Å². The molecule has 2 rings (SSSR count). The van der Waals surface area contributed by atoms with Crippen molar-refractivity contribution in [3.63, 3.8) is 0 Å². The first kappa shape index (κ1) is 15.9. The number of amides is 1. The van der Waals surface area contributed by atoms with Crippen LogP contribution in [0.1, 0.15) is 44.9 Å². The van der Waals surface area contributed by atoms with Crippen LogP contribution in [0.5, 0.6) is 0 Å². The molecule has 1 fully saturated rings. The molecule has 1 saturated carbocycles. The van der Waals surface area contributed by atoms with E-state index < -0.39 is 0 Å². The van der Waals surface area contributed by atoms with Crippen LogP contribution in [0.15, 0.2) is 6.33 Å². The number of hydrogen-bond donors (Lipinski definition) is 1. The van der Waals surface area contributed by atoms with Gasteiger partial charge in [0, 0.05) is 26.7 Å². The Morgan fingerprint density at radius 2 is 2.19 bits per heavy atom. The molecule has 1 aliphatic carbocycles. The van der Waals surface area contributed by atoms with Crippen LogP contribution in [-0.4, -0.2) is 46.4 Å². The van der Waals surface area contributed by atoms with Crippen LogP contribution in [-0.2, 0) is 16.1 Å². The Labute approximate surface area is 125 Å². The number of nitrogens with zero attached hydrogens (tertiary/aromatic N) is 4. The van der Waals surface area contributed by atoms with Crippen molar-refractivity contribution in [1.82, 2.24) is 25.5 Å². The lowest BCUT2D eigenvalue weighted by Crippen LogP contribution is -2.37. The van der Waals surface area contributed by atoms with Crippen molar-refractivity contribution in [3.8, 4) is 0 Å². The van der Waals surface area contributed by atoms with Gasteiger partial charge in [0.1, 0.15) is 6.33 Å². The van der Waals surface area contributed by atoms with Crippen molar-refractivity contribution in [2.24, 2.45) is 5.41 Å². The zero-order valence-corrected chi connectivity index (χ0v) is 12.8. The minimum atomic E-state index is -0.00102. The molecule has 0 atom stereocenters. The summed E-state index contributed by atoms with van der Waals surface area (Å²) in [7, 11) is 1.67. The summed E-state index contributed by atoms with van der Waals surface area (Å²) in [6.07, 6.45) is 8.79. The van der Waals surface area contributed by atoms with Crippen LogP contribution in [0, 0.1) is 5.41 Å². The third kappa shape index (κ3) is 5.08. The van der Waals surface area contributed by atoms with E-state index in [0.717, 1.165) is 25.8 Å². The second-order valence-corrected chi connectivity index (χ2v) is 5.94. The summed E-state index contributed by atoms with van der Waals surface area (Å²) in [6, 6.07) is 0. The van der Waals surface area contributed by atoms with Crippen LogP contribution < -0.4 is 5.32 Å². The molecule has 0 saturated heterocycles. The van der Waals surface area contributed by atoms with Gasteiger partial charge in [-0.05, 0) is 35.1 Å². The highest BCUT2D eigenvalue weighted by molar-refractivity contribution is 5.76.